The number of amides is 2. The largest absolute Gasteiger partial charge is 0.340 e. The lowest BCUT2D eigenvalue weighted by molar-refractivity contribution is -0.129. The Labute approximate surface area is 224 Å². The van der Waals surface area contributed by atoms with Crippen LogP contribution in [-0.4, -0.2) is 57.9 Å². The summed E-state index contributed by atoms with van der Waals surface area (Å²) in [6.45, 7) is -2.83. The van der Waals surface area contributed by atoms with Crippen LogP contribution in [0.15, 0.2) is 49.2 Å². The van der Waals surface area contributed by atoms with Gasteiger partial charge in [0.05, 0.1) is 40.5 Å². The molecule has 5 heterocycles. The van der Waals surface area contributed by atoms with Crippen molar-refractivity contribution in [3.05, 3.63) is 71.4 Å². The lowest BCUT2D eigenvalue weighted by atomic mass is 9.92. The number of benzene rings is 1. The maximum Gasteiger partial charge on any atom is 0.247 e. The van der Waals surface area contributed by atoms with Crippen molar-refractivity contribution in [1.29, 1.82) is 0 Å². The fourth-order valence-electron chi connectivity index (χ4n) is 5.20. The highest BCUT2D eigenvalue weighted by molar-refractivity contribution is 6.31. The molecule has 1 unspecified atom stereocenters. The summed E-state index contributed by atoms with van der Waals surface area (Å²) < 4.78 is 38.6. The third-order valence-electron chi connectivity index (χ3n) is 6.77. The summed E-state index contributed by atoms with van der Waals surface area (Å²) in [4.78, 5) is 39.0. The number of anilines is 1. The average Bonchev–Trinajstić information content (AvgIpc) is 3.71. The summed E-state index contributed by atoms with van der Waals surface area (Å²) in [7, 11) is 0. The number of carbonyl (C=O) groups excluding carboxylic acids is 2. The molecule has 2 amide bonds. The van der Waals surface area contributed by atoms with Crippen molar-refractivity contribution in [2.45, 2.75) is 38.2 Å². The fraction of sp³-hybridized carbons (Fsp3) is 0.240. The molecule has 0 bridgehead atoms. The standard InChI is InChI=1S/C25H21ClFN9O2/c1-13(37)31-18-10-28-7-6-16(18)19-11-29-25(32-19)21-4-2-15-8-14(9-22(38)36(15)21)23-20(35-12-30-33-34-35)5-3-17(26)24(23)27/h3,5-7,9-12,15,21H,2,4,8H2,1H3,(H,29,32)(H,31,37)/t15?,21-/m0/s1/i1D3. The Hall–Kier alpha value is -4.45. The van der Waals surface area contributed by atoms with Gasteiger partial charge < -0.3 is 15.2 Å². The van der Waals surface area contributed by atoms with E-state index in [9.17, 15) is 9.59 Å². The first-order valence-electron chi connectivity index (χ1n) is 13.2. The predicted molar refractivity (Wildman–Crippen MR) is 135 cm³/mol. The van der Waals surface area contributed by atoms with Crippen molar-refractivity contribution >= 4 is 34.7 Å². The van der Waals surface area contributed by atoms with Crippen LogP contribution in [0, 0.1) is 5.82 Å². The van der Waals surface area contributed by atoms with Crippen LogP contribution < -0.4 is 5.32 Å². The molecule has 0 radical (unpaired) electrons. The van der Waals surface area contributed by atoms with Gasteiger partial charge in [0.2, 0.25) is 11.8 Å². The molecule has 2 aliphatic heterocycles. The molecule has 2 atom stereocenters. The van der Waals surface area contributed by atoms with E-state index < -0.39 is 18.6 Å². The maximum atomic E-state index is 15.3. The van der Waals surface area contributed by atoms with Crippen LogP contribution in [0.2, 0.25) is 5.02 Å². The number of imidazole rings is 1. The molecule has 0 aliphatic carbocycles. The first-order valence-corrected chi connectivity index (χ1v) is 12.0. The highest BCUT2D eigenvalue weighted by Crippen LogP contribution is 2.44. The molecular weight excluding hydrogens is 513 g/mol. The van der Waals surface area contributed by atoms with Crippen LogP contribution in [0.25, 0.3) is 22.5 Å². The number of hydrogen-bond acceptors (Lipinski definition) is 7. The van der Waals surface area contributed by atoms with Gasteiger partial charge in [-0.15, -0.1) is 5.10 Å². The maximum absolute atomic E-state index is 15.3. The quantitative estimate of drug-likeness (QED) is 0.397. The molecule has 6 rings (SSSR count). The van der Waals surface area contributed by atoms with E-state index in [1.165, 1.54) is 35.5 Å². The zero-order valence-corrected chi connectivity index (χ0v) is 20.4. The van der Waals surface area contributed by atoms with Gasteiger partial charge in [-0.25, -0.2) is 9.37 Å². The number of H-pyrrole nitrogens is 1. The molecule has 1 aromatic carbocycles. The van der Waals surface area contributed by atoms with Crippen molar-refractivity contribution < 1.29 is 18.1 Å². The van der Waals surface area contributed by atoms with Crippen LogP contribution in [0.3, 0.4) is 0 Å². The van der Waals surface area contributed by atoms with E-state index in [1.54, 1.807) is 23.2 Å². The molecule has 4 aromatic rings. The molecule has 0 saturated carbocycles. The van der Waals surface area contributed by atoms with Crippen molar-refractivity contribution in [1.82, 2.24) is 40.1 Å². The number of pyridine rings is 1. The third kappa shape index (κ3) is 4.12. The Kier molecular flexibility index (Phi) is 5.12. The summed E-state index contributed by atoms with van der Waals surface area (Å²) in [6.07, 6.45) is 8.81. The Balaban J connectivity index is 1.29. The molecular formula is C25H21ClFN9O2. The van der Waals surface area contributed by atoms with Crippen LogP contribution in [0.1, 0.15) is 47.7 Å². The number of aromatic amines is 1. The van der Waals surface area contributed by atoms with Gasteiger partial charge in [-0.3, -0.25) is 14.6 Å². The van der Waals surface area contributed by atoms with Crippen LogP contribution in [0.4, 0.5) is 10.1 Å². The van der Waals surface area contributed by atoms with Gasteiger partial charge in [0.1, 0.15) is 12.2 Å². The summed E-state index contributed by atoms with van der Waals surface area (Å²) in [6, 6.07) is 4.05. The van der Waals surface area contributed by atoms with Gasteiger partial charge in [-0.05, 0) is 53.5 Å². The highest BCUT2D eigenvalue weighted by Gasteiger charge is 2.42. The van der Waals surface area contributed by atoms with E-state index in [0.717, 1.165) is 0 Å². The van der Waals surface area contributed by atoms with Crippen molar-refractivity contribution in [3.63, 3.8) is 0 Å². The van der Waals surface area contributed by atoms with Crippen molar-refractivity contribution in [3.8, 4) is 16.9 Å². The Bertz CT molecular complexity index is 1690. The second-order valence-electron chi connectivity index (χ2n) is 8.93. The number of tetrazole rings is 1. The van der Waals surface area contributed by atoms with Gasteiger partial charge in [0, 0.05) is 40.4 Å². The molecule has 13 heteroatoms. The molecule has 2 aliphatic rings. The monoisotopic (exact) mass is 536 g/mol. The number of aromatic nitrogens is 7. The van der Waals surface area contributed by atoms with E-state index in [1.807, 2.05) is 0 Å². The first-order chi connectivity index (χ1) is 19.6. The number of carbonyl (C=O) groups is 2. The van der Waals surface area contributed by atoms with Crippen molar-refractivity contribution in [2.24, 2.45) is 0 Å². The predicted octanol–water partition coefficient (Wildman–Crippen LogP) is 3.72. The number of halogens is 2. The normalized spacial score (nSPS) is 20.4. The topological polar surface area (TPSA) is 135 Å². The van der Waals surface area contributed by atoms with Gasteiger partial charge in [0.25, 0.3) is 0 Å². The second kappa shape index (κ2) is 9.45. The molecule has 0 spiro atoms. The van der Waals surface area contributed by atoms with E-state index in [4.69, 9.17) is 15.7 Å². The molecule has 1 fully saturated rings. The van der Waals surface area contributed by atoms with E-state index in [2.05, 4.69) is 35.8 Å². The molecule has 3 aromatic heterocycles. The van der Waals surface area contributed by atoms with E-state index >= 15 is 4.39 Å². The summed E-state index contributed by atoms with van der Waals surface area (Å²) >= 11 is 6.11. The number of nitrogens with zero attached hydrogens (tertiary/aromatic N) is 7. The average molecular weight is 537 g/mol. The smallest absolute Gasteiger partial charge is 0.247 e. The molecule has 38 heavy (non-hydrogen) atoms. The first kappa shape index (κ1) is 20.6. The Morgan fingerprint density at radius 1 is 1.29 bits per heavy atom. The Morgan fingerprint density at radius 3 is 3.00 bits per heavy atom. The number of hydrogen-bond donors (Lipinski definition) is 2. The van der Waals surface area contributed by atoms with Crippen LogP contribution in [-0.2, 0) is 9.59 Å². The zero-order chi connectivity index (χ0) is 28.9. The zero-order valence-electron chi connectivity index (χ0n) is 22.6. The van der Waals surface area contributed by atoms with E-state index in [-0.39, 0.29) is 34.3 Å². The Morgan fingerprint density at radius 2 is 2.18 bits per heavy atom. The second-order valence-corrected chi connectivity index (χ2v) is 9.34. The lowest BCUT2D eigenvalue weighted by Gasteiger charge is -2.33. The highest BCUT2D eigenvalue weighted by atomic mass is 35.5. The minimum atomic E-state index is -2.83. The van der Waals surface area contributed by atoms with Gasteiger partial charge in [0.15, 0.2) is 5.82 Å². The van der Waals surface area contributed by atoms with E-state index in [0.29, 0.717) is 47.6 Å². The molecule has 2 N–H and O–H groups in total. The molecule has 1 saturated heterocycles. The van der Waals surface area contributed by atoms with Gasteiger partial charge in [-0.1, -0.05) is 11.6 Å². The molecule has 192 valence electrons. The number of rotatable bonds is 5. The van der Waals surface area contributed by atoms with Crippen LogP contribution in [0.5, 0.6) is 0 Å². The summed E-state index contributed by atoms with van der Waals surface area (Å²) in [5.74, 6) is -1.56. The van der Waals surface area contributed by atoms with Crippen LogP contribution >= 0.6 is 11.6 Å². The number of fused-ring (bicyclic) bond motifs is 1. The summed E-state index contributed by atoms with van der Waals surface area (Å²) in [5, 5.41) is 13.4. The van der Waals surface area contributed by atoms with Gasteiger partial charge in [-0.2, -0.15) is 4.68 Å². The minimum absolute atomic E-state index is 0.0782. The van der Waals surface area contributed by atoms with Gasteiger partial charge >= 0.3 is 0 Å². The fourth-order valence-corrected chi connectivity index (χ4v) is 5.36. The van der Waals surface area contributed by atoms with Crippen molar-refractivity contribution in [2.75, 3.05) is 5.32 Å². The SMILES string of the molecule is [2H]C([2H])([2H])C(=O)Nc1cnccc1-c1cnc([C@@H]2CCC3CC(c4c(-n5cnnn5)ccc(Cl)c4F)=CC(=O)N32)[nH]1. The minimum Gasteiger partial charge on any atom is -0.340 e. The number of nitrogens with one attached hydrogen (secondary N) is 2. The lowest BCUT2D eigenvalue weighted by Crippen LogP contribution is -2.39. The molecule has 11 nitrogen and oxygen atoms in total. The summed E-state index contributed by atoms with van der Waals surface area (Å²) in [5.41, 5.74) is 2.24. The third-order valence-corrected chi connectivity index (χ3v) is 7.06.